The molecule has 1 aliphatic carbocycles. The van der Waals surface area contributed by atoms with E-state index in [9.17, 15) is 9.18 Å². The summed E-state index contributed by atoms with van der Waals surface area (Å²) >= 11 is 6.15. The van der Waals surface area contributed by atoms with Crippen molar-refractivity contribution in [1.29, 1.82) is 0 Å². The molecule has 0 bridgehead atoms. The van der Waals surface area contributed by atoms with Gasteiger partial charge in [-0.1, -0.05) is 36.4 Å². The number of carbonyl (C=O) groups is 1. The van der Waals surface area contributed by atoms with Crippen LogP contribution < -0.4 is 0 Å². The van der Waals surface area contributed by atoms with Gasteiger partial charge in [-0.05, 0) is 36.1 Å². The number of rotatable bonds is 2. The summed E-state index contributed by atoms with van der Waals surface area (Å²) in [6, 6.07) is 13.8. The lowest BCUT2D eigenvalue weighted by atomic mass is 10.1. The van der Waals surface area contributed by atoms with Gasteiger partial charge in [-0.15, -0.1) is 0 Å². The lowest BCUT2D eigenvalue weighted by Crippen LogP contribution is -2.33. The molecule has 2 aromatic rings. The van der Waals surface area contributed by atoms with Crippen LogP contribution in [0.2, 0.25) is 0 Å². The Hall–Kier alpha value is -1.87. The highest BCUT2D eigenvalue weighted by Crippen LogP contribution is 2.27. The summed E-state index contributed by atoms with van der Waals surface area (Å²) in [6.45, 7) is 0. The first-order chi connectivity index (χ1) is 9.66. The van der Waals surface area contributed by atoms with Gasteiger partial charge < -0.3 is 0 Å². The van der Waals surface area contributed by atoms with Gasteiger partial charge >= 0.3 is 0 Å². The predicted molar refractivity (Wildman–Crippen MR) is 76.1 cm³/mol. The van der Waals surface area contributed by atoms with E-state index in [1.54, 1.807) is 12.1 Å². The Labute approximate surface area is 121 Å². The topological polar surface area (TPSA) is 20.3 Å². The fraction of sp³-hybridized carbons (Fsp3) is 0.188. The summed E-state index contributed by atoms with van der Waals surface area (Å²) in [5, 5.41) is 0. The van der Waals surface area contributed by atoms with Crippen molar-refractivity contribution in [3.05, 3.63) is 71.0 Å². The number of benzene rings is 2. The molecule has 0 saturated carbocycles. The predicted octanol–water partition coefficient (Wildman–Crippen LogP) is 3.59. The number of amides is 1. The number of carbonyl (C=O) groups excluding carboxylic acids is 1. The van der Waals surface area contributed by atoms with Crippen molar-refractivity contribution in [2.75, 3.05) is 0 Å². The minimum Gasteiger partial charge on any atom is -0.268 e. The van der Waals surface area contributed by atoms with Crippen LogP contribution in [0.1, 0.15) is 21.5 Å². The molecule has 0 aliphatic heterocycles. The highest BCUT2D eigenvalue weighted by Gasteiger charge is 2.30. The fourth-order valence-electron chi connectivity index (χ4n) is 2.61. The van der Waals surface area contributed by atoms with Gasteiger partial charge in [0, 0.05) is 11.8 Å². The minimum absolute atomic E-state index is 0.0125. The molecule has 0 heterocycles. The van der Waals surface area contributed by atoms with Crippen LogP contribution in [0.3, 0.4) is 0 Å². The number of hydrogen-bond donors (Lipinski definition) is 0. The molecule has 0 saturated heterocycles. The Morgan fingerprint density at radius 2 is 1.60 bits per heavy atom. The summed E-state index contributed by atoms with van der Waals surface area (Å²) in [5.41, 5.74) is 2.41. The Balaban J connectivity index is 1.80. The van der Waals surface area contributed by atoms with Crippen molar-refractivity contribution >= 4 is 17.7 Å². The first kappa shape index (κ1) is 13.1. The van der Waals surface area contributed by atoms with Crippen LogP contribution in [-0.2, 0) is 12.8 Å². The molecule has 2 nitrogen and oxygen atoms in total. The summed E-state index contributed by atoms with van der Waals surface area (Å²) < 4.78 is 14.8. The van der Waals surface area contributed by atoms with E-state index < -0.39 is 11.7 Å². The first-order valence-corrected chi connectivity index (χ1v) is 6.81. The highest BCUT2D eigenvalue weighted by molar-refractivity contribution is 6.24. The van der Waals surface area contributed by atoms with Gasteiger partial charge in [-0.3, -0.25) is 4.79 Å². The Kier molecular flexibility index (Phi) is 3.45. The average molecular weight is 290 g/mol. The zero-order valence-corrected chi connectivity index (χ0v) is 11.5. The Morgan fingerprint density at radius 3 is 2.20 bits per heavy atom. The summed E-state index contributed by atoms with van der Waals surface area (Å²) in [4.78, 5) is 12.3. The van der Waals surface area contributed by atoms with Gasteiger partial charge in [0.2, 0.25) is 0 Å². The van der Waals surface area contributed by atoms with Crippen LogP contribution in [0.25, 0.3) is 0 Å². The van der Waals surface area contributed by atoms with Crippen LogP contribution in [0, 0.1) is 5.82 Å². The molecule has 0 fully saturated rings. The lowest BCUT2D eigenvalue weighted by molar-refractivity contribution is 0.0823. The van der Waals surface area contributed by atoms with Gasteiger partial charge in [-0.25, -0.2) is 8.81 Å². The van der Waals surface area contributed by atoms with E-state index in [0.717, 1.165) is 4.42 Å². The first-order valence-electron chi connectivity index (χ1n) is 6.47. The number of halogens is 2. The number of fused-ring (bicyclic) bond motifs is 1. The molecular weight excluding hydrogens is 277 g/mol. The van der Waals surface area contributed by atoms with Crippen LogP contribution >= 0.6 is 11.8 Å². The van der Waals surface area contributed by atoms with Gasteiger partial charge in [0.1, 0.15) is 5.82 Å². The molecule has 2 aromatic carbocycles. The van der Waals surface area contributed by atoms with Crippen LogP contribution in [0.15, 0.2) is 48.5 Å². The third-order valence-electron chi connectivity index (χ3n) is 3.65. The third kappa shape index (κ3) is 2.29. The second-order valence-corrected chi connectivity index (χ2v) is 5.29. The van der Waals surface area contributed by atoms with Gasteiger partial charge in [0.15, 0.2) is 0 Å². The molecule has 3 rings (SSSR count). The number of hydrogen-bond acceptors (Lipinski definition) is 1. The van der Waals surface area contributed by atoms with Crippen LogP contribution in [0.4, 0.5) is 4.39 Å². The van der Waals surface area contributed by atoms with Crippen molar-refractivity contribution in [1.82, 2.24) is 4.42 Å². The third-order valence-corrected chi connectivity index (χ3v) is 4.08. The van der Waals surface area contributed by atoms with E-state index >= 15 is 0 Å². The monoisotopic (exact) mass is 289 g/mol. The van der Waals surface area contributed by atoms with E-state index in [-0.39, 0.29) is 11.6 Å². The van der Waals surface area contributed by atoms with Crippen molar-refractivity contribution in [2.24, 2.45) is 0 Å². The van der Waals surface area contributed by atoms with Crippen molar-refractivity contribution in [3.8, 4) is 0 Å². The van der Waals surface area contributed by atoms with Gasteiger partial charge in [0.05, 0.1) is 11.6 Å². The molecule has 0 unspecified atom stereocenters. The van der Waals surface area contributed by atoms with Crippen molar-refractivity contribution in [2.45, 2.75) is 18.9 Å². The van der Waals surface area contributed by atoms with Crippen molar-refractivity contribution in [3.63, 3.8) is 0 Å². The number of nitrogens with zero attached hydrogens (tertiary/aromatic N) is 1. The molecule has 1 amide bonds. The lowest BCUT2D eigenvalue weighted by Gasteiger charge is -2.21. The molecule has 4 heteroatoms. The summed E-state index contributed by atoms with van der Waals surface area (Å²) in [7, 11) is 0. The summed E-state index contributed by atoms with van der Waals surface area (Å²) in [5.74, 6) is -1.03. The van der Waals surface area contributed by atoms with Crippen LogP contribution in [0.5, 0.6) is 0 Å². The second kappa shape index (κ2) is 5.25. The molecular formula is C16H13ClFNO. The second-order valence-electron chi connectivity index (χ2n) is 4.93. The SMILES string of the molecule is O=C(c1ccccc1F)N(Cl)C1Cc2ccccc2C1. The highest BCUT2D eigenvalue weighted by atomic mass is 35.5. The van der Waals surface area contributed by atoms with E-state index in [0.29, 0.717) is 12.8 Å². The zero-order valence-electron chi connectivity index (χ0n) is 10.7. The molecule has 0 N–H and O–H groups in total. The molecule has 0 aromatic heterocycles. The largest absolute Gasteiger partial charge is 0.271 e. The van der Waals surface area contributed by atoms with Crippen molar-refractivity contribution < 1.29 is 9.18 Å². The maximum absolute atomic E-state index is 13.6. The molecule has 0 spiro atoms. The quantitative estimate of drug-likeness (QED) is 0.774. The minimum atomic E-state index is -0.543. The molecule has 20 heavy (non-hydrogen) atoms. The van der Waals surface area contributed by atoms with E-state index in [2.05, 4.69) is 0 Å². The van der Waals surface area contributed by atoms with Crippen LogP contribution in [-0.4, -0.2) is 16.4 Å². The fourth-order valence-corrected chi connectivity index (χ4v) is 2.84. The maximum atomic E-state index is 13.6. The van der Waals surface area contributed by atoms with E-state index in [1.165, 1.54) is 23.3 Å². The summed E-state index contributed by atoms with van der Waals surface area (Å²) in [6.07, 6.45) is 1.42. The standard InChI is InChI=1S/C16H13ClFNO/c17-19(16(20)14-7-3-4-8-15(14)18)13-9-11-5-1-2-6-12(11)10-13/h1-8,13H,9-10H2. The van der Waals surface area contributed by atoms with E-state index in [1.807, 2.05) is 24.3 Å². The molecule has 1 aliphatic rings. The maximum Gasteiger partial charge on any atom is 0.271 e. The molecule has 0 radical (unpaired) electrons. The average Bonchev–Trinajstić information content (AvgIpc) is 2.90. The molecule has 0 atom stereocenters. The zero-order chi connectivity index (χ0) is 14.1. The normalized spacial score (nSPS) is 14.1. The molecule has 102 valence electrons. The van der Waals surface area contributed by atoms with Gasteiger partial charge in [-0.2, -0.15) is 0 Å². The van der Waals surface area contributed by atoms with E-state index in [4.69, 9.17) is 11.8 Å². The van der Waals surface area contributed by atoms with Gasteiger partial charge in [0.25, 0.3) is 5.91 Å². The Bertz CT molecular complexity index is 633. The smallest absolute Gasteiger partial charge is 0.268 e. The Morgan fingerprint density at radius 1 is 1.05 bits per heavy atom.